The van der Waals surface area contributed by atoms with E-state index < -0.39 is 0 Å². The summed E-state index contributed by atoms with van der Waals surface area (Å²) < 4.78 is 0. The Kier molecular flexibility index (Phi) is 13.9. The second-order valence-corrected chi connectivity index (χ2v) is 2.97. The summed E-state index contributed by atoms with van der Waals surface area (Å²) in [6.07, 6.45) is 4.56. The number of aromatic amines is 1. The van der Waals surface area contributed by atoms with Crippen molar-refractivity contribution in [2.75, 3.05) is 0 Å². The van der Waals surface area contributed by atoms with Gasteiger partial charge in [0.2, 0.25) is 0 Å². The molecule has 0 radical (unpaired) electrons. The molecule has 0 spiro atoms. The van der Waals surface area contributed by atoms with E-state index in [1.54, 1.807) is 20.0 Å². The van der Waals surface area contributed by atoms with Crippen LogP contribution in [0, 0.1) is 6.20 Å². The molecular formula is C14H13Cl2NTi-2. The summed E-state index contributed by atoms with van der Waals surface area (Å²) in [6, 6.07) is 18.4. The van der Waals surface area contributed by atoms with Crippen LogP contribution in [0.3, 0.4) is 0 Å². The fraction of sp³-hybridized carbons (Fsp3) is 0. The van der Waals surface area contributed by atoms with Crippen molar-refractivity contribution in [1.29, 1.82) is 0 Å². The number of H-pyrrole nitrogens is 1. The van der Waals surface area contributed by atoms with E-state index in [1.165, 1.54) is 10.8 Å². The summed E-state index contributed by atoms with van der Waals surface area (Å²) in [7, 11) is 0. The monoisotopic (exact) mass is 313 g/mol. The molecule has 0 saturated carbocycles. The number of rotatable bonds is 0. The van der Waals surface area contributed by atoms with E-state index in [-0.39, 0.29) is 24.8 Å². The van der Waals surface area contributed by atoms with Gasteiger partial charge in [0.1, 0.15) is 0 Å². The average Bonchev–Trinajstić information content (AvgIpc) is 3.06. The Morgan fingerprint density at radius 1 is 1.06 bits per heavy atom. The molecule has 4 heteroatoms. The SMILES string of the molecule is [CH2]=[Ti+2].[Cl-].[Cl-].[c-]1ccc[nH]1.c1ccc2[cH-]ccc2c1. The third-order valence-corrected chi connectivity index (χ3v) is 1.99. The zero-order valence-corrected chi connectivity index (χ0v) is 12.8. The van der Waals surface area contributed by atoms with Gasteiger partial charge < -0.3 is 29.8 Å². The number of nitrogens with one attached hydrogen (secondary N) is 1. The Morgan fingerprint density at radius 3 is 2.28 bits per heavy atom. The Morgan fingerprint density at radius 2 is 1.78 bits per heavy atom. The van der Waals surface area contributed by atoms with E-state index in [0.717, 1.165) is 0 Å². The molecule has 1 aromatic heterocycles. The van der Waals surface area contributed by atoms with Gasteiger partial charge >= 0.3 is 24.8 Å². The van der Waals surface area contributed by atoms with Gasteiger partial charge in [0.15, 0.2) is 0 Å². The first kappa shape index (κ1) is 19.6. The second kappa shape index (κ2) is 12.7. The van der Waals surface area contributed by atoms with Crippen molar-refractivity contribution >= 4 is 15.6 Å². The van der Waals surface area contributed by atoms with Crippen molar-refractivity contribution < 1.29 is 44.8 Å². The van der Waals surface area contributed by atoms with E-state index in [1.807, 2.05) is 18.3 Å². The quantitative estimate of drug-likeness (QED) is 0.345. The van der Waals surface area contributed by atoms with Crippen LogP contribution in [0.25, 0.3) is 10.8 Å². The molecule has 94 valence electrons. The van der Waals surface area contributed by atoms with Gasteiger partial charge in [-0.15, -0.1) is 35.8 Å². The standard InChI is InChI=1S/C9H7.C4H4N.CH2.2ClH.Ti/c1-2-5-9-7-3-6-8(9)4-1;1-2-4-5-3-1;;;;/h1-7H;1-3,5H;1H2;2*1H;/q2*-1;;;;+2/p-2. The summed E-state index contributed by atoms with van der Waals surface area (Å²) >= 11 is 1.75. The largest absolute Gasteiger partial charge is 1.00 e. The molecular weight excluding hydrogens is 301 g/mol. The predicted molar refractivity (Wildman–Crippen MR) is 66.3 cm³/mol. The minimum absolute atomic E-state index is 0. The van der Waals surface area contributed by atoms with Gasteiger partial charge in [-0.3, -0.25) is 0 Å². The van der Waals surface area contributed by atoms with Crippen molar-refractivity contribution in [3.8, 4) is 0 Å². The number of fused-ring (bicyclic) bond motifs is 1. The Hall–Kier alpha value is -0.726. The van der Waals surface area contributed by atoms with Crippen molar-refractivity contribution in [1.82, 2.24) is 4.98 Å². The van der Waals surface area contributed by atoms with Gasteiger partial charge in [-0.25, -0.2) is 0 Å². The van der Waals surface area contributed by atoms with Gasteiger partial charge in [-0.05, 0) is 0 Å². The van der Waals surface area contributed by atoms with Gasteiger partial charge in [0.25, 0.3) is 0 Å². The normalized spacial score (nSPS) is 7.67. The molecule has 0 unspecified atom stereocenters. The molecule has 1 N–H and O–H groups in total. The van der Waals surface area contributed by atoms with Crippen LogP contribution >= 0.6 is 0 Å². The summed E-state index contributed by atoms with van der Waals surface area (Å²) in [5.74, 6) is 0. The minimum atomic E-state index is 0. The summed E-state index contributed by atoms with van der Waals surface area (Å²) in [4.78, 5) is 5.99. The zero-order valence-electron chi connectivity index (χ0n) is 9.74. The van der Waals surface area contributed by atoms with Crippen LogP contribution in [0.5, 0.6) is 0 Å². The molecule has 0 aliphatic heterocycles. The molecule has 0 amide bonds. The van der Waals surface area contributed by atoms with Crippen LogP contribution in [0.15, 0.2) is 60.8 Å². The van der Waals surface area contributed by atoms with E-state index in [2.05, 4.69) is 58.5 Å². The van der Waals surface area contributed by atoms with E-state index in [0.29, 0.717) is 0 Å². The molecule has 0 atom stereocenters. The molecule has 0 fully saturated rings. The smallest absolute Gasteiger partial charge is 0.0809 e. The maximum Gasteiger partial charge on any atom is -0.0809 e. The fourth-order valence-electron chi connectivity index (χ4n) is 1.31. The molecule has 0 saturated heterocycles. The molecule has 18 heavy (non-hydrogen) atoms. The third kappa shape index (κ3) is 6.88. The van der Waals surface area contributed by atoms with Crippen molar-refractivity contribution in [2.24, 2.45) is 0 Å². The minimum Gasteiger partial charge on any atom is -1.00 e. The van der Waals surface area contributed by atoms with Crippen molar-refractivity contribution in [2.45, 2.75) is 0 Å². The van der Waals surface area contributed by atoms with Crippen LogP contribution in [-0.2, 0) is 20.0 Å². The molecule has 0 aliphatic rings. The van der Waals surface area contributed by atoms with Crippen LogP contribution in [0.2, 0.25) is 0 Å². The number of hydrogen-bond acceptors (Lipinski definition) is 0. The molecule has 0 bridgehead atoms. The van der Waals surface area contributed by atoms with E-state index >= 15 is 0 Å². The predicted octanol–water partition coefficient (Wildman–Crippen LogP) is -2.65. The number of benzene rings is 1. The van der Waals surface area contributed by atoms with Gasteiger partial charge in [-0.2, -0.15) is 35.8 Å². The Labute approximate surface area is 132 Å². The molecule has 3 aromatic rings. The maximum atomic E-state index is 3.25. The number of aromatic nitrogens is 1. The number of halogens is 2. The van der Waals surface area contributed by atoms with Crippen LogP contribution in [-0.4, -0.2) is 9.80 Å². The third-order valence-electron chi connectivity index (χ3n) is 1.99. The second-order valence-electron chi connectivity index (χ2n) is 2.97. The number of hydrogen-bond donors (Lipinski definition) is 1. The van der Waals surface area contributed by atoms with E-state index in [4.69, 9.17) is 0 Å². The van der Waals surface area contributed by atoms with Gasteiger partial charge in [-0.1, -0.05) is 6.07 Å². The zero-order chi connectivity index (χ0) is 11.6. The molecule has 1 nitrogen and oxygen atoms in total. The molecule has 2 aromatic carbocycles. The Bertz CT molecular complexity index is 444. The summed E-state index contributed by atoms with van der Waals surface area (Å²) in [5.41, 5.74) is 0. The first-order valence-electron chi connectivity index (χ1n) is 4.92. The van der Waals surface area contributed by atoms with E-state index in [9.17, 15) is 0 Å². The Balaban J connectivity index is 0. The fourth-order valence-corrected chi connectivity index (χ4v) is 1.31. The van der Waals surface area contributed by atoms with Crippen LogP contribution in [0.1, 0.15) is 0 Å². The summed E-state index contributed by atoms with van der Waals surface area (Å²) in [6.45, 7) is 0. The maximum absolute atomic E-state index is 3.25. The van der Waals surface area contributed by atoms with Crippen LogP contribution in [0.4, 0.5) is 0 Å². The topological polar surface area (TPSA) is 15.8 Å². The van der Waals surface area contributed by atoms with Crippen molar-refractivity contribution in [3.05, 3.63) is 67.0 Å². The van der Waals surface area contributed by atoms with Crippen LogP contribution < -0.4 is 24.8 Å². The van der Waals surface area contributed by atoms with Gasteiger partial charge in [0, 0.05) is 0 Å². The van der Waals surface area contributed by atoms with Crippen molar-refractivity contribution in [3.63, 3.8) is 0 Å². The molecule has 0 aliphatic carbocycles. The van der Waals surface area contributed by atoms with Gasteiger partial charge in [0.05, 0.1) is 0 Å². The first-order valence-corrected chi connectivity index (χ1v) is 6.02. The summed E-state index contributed by atoms with van der Waals surface area (Å²) in [5, 5.41) is 2.66. The molecule has 1 heterocycles. The average molecular weight is 314 g/mol. The first-order chi connectivity index (χ1) is 7.97. The molecule has 3 rings (SSSR count).